The van der Waals surface area contributed by atoms with E-state index < -0.39 is 0 Å². The number of hydrogen-bond acceptors (Lipinski definition) is 4. The number of nitriles is 1. The second-order valence-electron chi connectivity index (χ2n) is 3.35. The highest BCUT2D eigenvalue weighted by Crippen LogP contribution is 2.37. The Morgan fingerprint density at radius 3 is 2.83 bits per heavy atom. The predicted octanol–water partition coefficient (Wildman–Crippen LogP) is 3.74. The van der Waals surface area contributed by atoms with Crippen molar-refractivity contribution in [3.63, 3.8) is 0 Å². The molecule has 1 aromatic carbocycles. The molecule has 0 saturated heterocycles. The van der Waals surface area contributed by atoms with Crippen LogP contribution in [-0.2, 0) is 0 Å². The maximum Gasteiger partial charge on any atom is 0.239 e. The Labute approximate surface area is 117 Å². The summed E-state index contributed by atoms with van der Waals surface area (Å²) in [6.07, 6.45) is 1.45. The standard InChI is InChI=1S/C12H7BrClN3O/c13-8-2-1-3-9(16)11(8)18-12-10(14)7(6-15)4-5-17-12/h1-5H,16H2. The van der Waals surface area contributed by atoms with E-state index in [4.69, 9.17) is 27.3 Å². The van der Waals surface area contributed by atoms with E-state index in [1.165, 1.54) is 12.3 Å². The van der Waals surface area contributed by atoms with Gasteiger partial charge < -0.3 is 10.5 Å². The van der Waals surface area contributed by atoms with Crippen LogP contribution >= 0.6 is 27.5 Å². The van der Waals surface area contributed by atoms with Crippen LogP contribution in [0.5, 0.6) is 11.6 Å². The molecule has 2 rings (SSSR count). The highest BCUT2D eigenvalue weighted by Gasteiger charge is 2.13. The van der Waals surface area contributed by atoms with Crippen LogP contribution in [-0.4, -0.2) is 4.98 Å². The first-order valence-electron chi connectivity index (χ1n) is 4.90. The molecule has 0 radical (unpaired) electrons. The van der Waals surface area contributed by atoms with Crippen molar-refractivity contribution >= 4 is 33.2 Å². The number of halogens is 2. The van der Waals surface area contributed by atoms with E-state index in [2.05, 4.69) is 20.9 Å². The van der Waals surface area contributed by atoms with Gasteiger partial charge in [0, 0.05) is 6.20 Å². The van der Waals surface area contributed by atoms with Gasteiger partial charge in [-0.2, -0.15) is 5.26 Å². The summed E-state index contributed by atoms with van der Waals surface area (Å²) in [6, 6.07) is 8.73. The summed E-state index contributed by atoms with van der Waals surface area (Å²) in [6.45, 7) is 0. The lowest BCUT2D eigenvalue weighted by Crippen LogP contribution is -1.96. The fourth-order valence-corrected chi connectivity index (χ4v) is 1.97. The quantitative estimate of drug-likeness (QED) is 0.854. The topological polar surface area (TPSA) is 71.9 Å². The van der Waals surface area contributed by atoms with Crippen molar-refractivity contribution in [2.75, 3.05) is 5.73 Å². The molecule has 0 bridgehead atoms. The minimum absolute atomic E-state index is 0.148. The van der Waals surface area contributed by atoms with Gasteiger partial charge in [-0.15, -0.1) is 0 Å². The zero-order valence-electron chi connectivity index (χ0n) is 9.02. The zero-order valence-corrected chi connectivity index (χ0v) is 11.4. The lowest BCUT2D eigenvalue weighted by atomic mass is 10.3. The van der Waals surface area contributed by atoms with Crippen LogP contribution in [0.2, 0.25) is 5.02 Å². The SMILES string of the molecule is N#Cc1ccnc(Oc2c(N)cccc2Br)c1Cl. The highest BCUT2D eigenvalue weighted by atomic mass is 79.9. The first-order valence-corrected chi connectivity index (χ1v) is 6.07. The molecule has 90 valence electrons. The van der Waals surface area contributed by atoms with E-state index in [1.54, 1.807) is 18.2 Å². The molecule has 0 amide bonds. The Balaban J connectivity index is 2.44. The van der Waals surface area contributed by atoms with Crippen molar-refractivity contribution < 1.29 is 4.74 Å². The van der Waals surface area contributed by atoms with E-state index in [0.29, 0.717) is 21.5 Å². The number of pyridine rings is 1. The van der Waals surface area contributed by atoms with E-state index in [0.717, 1.165) is 0 Å². The van der Waals surface area contributed by atoms with Crippen molar-refractivity contribution in [1.29, 1.82) is 5.26 Å². The second-order valence-corrected chi connectivity index (χ2v) is 4.58. The number of anilines is 1. The average molecular weight is 325 g/mol. The summed E-state index contributed by atoms with van der Waals surface area (Å²) in [7, 11) is 0. The third-order valence-corrected chi connectivity index (χ3v) is 3.16. The molecule has 1 aromatic heterocycles. The Kier molecular flexibility index (Phi) is 3.70. The molecule has 2 N–H and O–H groups in total. The number of ether oxygens (including phenoxy) is 1. The fourth-order valence-electron chi connectivity index (χ4n) is 1.31. The third kappa shape index (κ3) is 2.40. The van der Waals surface area contributed by atoms with Crippen LogP contribution in [0.25, 0.3) is 0 Å². The minimum atomic E-state index is 0.148. The molecule has 18 heavy (non-hydrogen) atoms. The summed E-state index contributed by atoms with van der Waals surface area (Å²) in [5.74, 6) is 0.566. The zero-order chi connectivity index (χ0) is 13.1. The van der Waals surface area contributed by atoms with Crippen molar-refractivity contribution in [2.45, 2.75) is 0 Å². The maximum absolute atomic E-state index is 8.87. The Morgan fingerprint density at radius 1 is 1.39 bits per heavy atom. The summed E-state index contributed by atoms with van der Waals surface area (Å²) in [5.41, 5.74) is 6.55. The van der Waals surface area contributed by atoms with Gasteiger partial charge >= 0.3 is 0 Å². The van der Waals surface area contributed by atoms with E-state index in [9.17, 15) is 0 Å². The lowest BCUT2D eigenvalue weighted by molar-refractivity contribution is 0.462. The van der Waals surface area contributed by atoms with E-state index in [-0.39, 0.29) is 10.9 Å². The summed E-state index contributed by atoms with van der Waals surface area (Å²) >= 11 is 9.32. The molecule has 0 saturated carbocycles. The maximum atomic E-state index is 8.87. The molecule has 0 atom stereocenters. The second kappa shape index (κ2) is 5.25. The summed E-state index contributed by atoms with van der Waals surface area (Å²) in [4.78, 5) is 3.98. The third-order valence-electron chi connectivity index (χ3n) is 2.17. The lowest BCUT2D eigenvalue weighted by Gasteiger charge is -2.10. The van der Waals surface area contributed by atoms with Crippen LogP contribution in [0.1, 0.15) is 5.56 Å². The van der Waals surface area contributed by atoms with Gasteiger partial charge in [-0.05, 0) is 34.1 Å². The van der Waals surface area contributed by atoms with E-state index in [1.807, 2.05) is 6.07 Å². The van der Waals surface area contributed by atoms with E-state index >= 15 is 0 Å². The molecular weight excluding hydrogens is 318 g/mol. The molecule has 4 nitrogen and oxygen atoms in total. The normalized spacial score (nSPS) is 9.83. The van der Waals surface area contributed by atoms with Crippen molar-refractivity contribution in [3.05, 3.63) is 45.5 Å². The largest absolute Gasteiger partial charge is 0.434 e. The molecule has 0 aliphatic carbocycles. The number of aromatic nitrogens is 1. The molecular formula is C12H7BrClN3O. The van der Waals surface area contributed by atoms with Gasteiger partial charge in [0.25, 0.3) is 0 Å². The molecule has 0 unspecified atom stereocenters. The number of para-hydroxylation sites is 1. The molecule has 0 aliphatic rings. The number of nitrogens with zero attached hydrogens (tertiary/aromatic N) is 2. The van der Waals surface area contributed by atoms with Gasteiger partial charge in [0.05, 0.1) is 15.7 Å². The van der Waals surface area contributed by atoms with Gasteiger partial charge in [-0.1, -0.05) is 17.7 Å². The van der Waals surface area contributed by atoms with Gasteiger partial charge in [0.15, 0.2) is 5.75 Å². The summed E-state index contributed by atoms with van der Waals surface area (Å²) in [5, 5.41) is 9.03. The number of nitrogen functional groups attached to an aromatic ring is 1. The molecule has 0 aliphatic heterocycles. The predicted molar refractivity (Wildman–Crippen MR) is 72.6 cm³/mol. The van der Waals surface area contributed by atoms with Crippen LogP contribution in [0.3, 0.4) is 0 Å². The fraction of sp³-hybridized carbons (Fsp3) is 0. The van der Waals surface area contributed by atoms with Gasteiger partial charge in [-0.25, -0.2) is 4.98 Å². The Morgan fingerprint density at radius 2 is 2.17 bits per heavy atom. The van der Waals surface area contributed by atoms with Crippen molar-refractivity contribution in [1.82, 2.24) is 4.98 Å². The van der Waals surface area contributed by atoms with Gasteiger partial charge in [0.2, 0.25) is 5.88 Å². The average Bonchev–Trinajstić information content (AvgIpc) is 2.36. The number of benzene rings is 1. The first-order chi connectivity index (χ1) is 8.63. The smallest absolute Gasteiger partial charge is 0.239 e. The monoisotopic (exact) mass is 323 g/mol. The number of nitrogens with two attached hydrogens (primary N) is 1. The van der Waals surface area contributed by atoms with Crippen LogP contribution in [0.4, 0.5) is 5.69 Å². The number of hydrogen-bond donors (Lipinski definition) is 1. The molecule has 0 fully saturated rings. The molecule has 2 aromatic rings. The van der Waals surface area contributed by atoms with Gasteiger partial charge in [0.1, 0.15) is 11.1 Å². The molecule has 0 spiro atoms. The molecule has 1 heterocycles. The van der Waals surface area contributed by atoms with Crippen molar-refractivity contribution in [3.8, 4) is 17.7 Å². The Bertz CT molecular complexity index is 619. The molecule has 6 heteroatoms. The van der Waals surface area contributed by atoms with Gasteiger partial charge in [-0.3, -0.25) is 0 Å². The van der Waals surface area contributed by atoms with Crippen LogP contribution in [0, 0.1) is 11.3 Å². The summed E-state index contributed by atoms with van der Waals surface area (Å²) < 4.78 is 6.23. The number of rotatable bonds is 2. The Hall–Kier alpha value is -1.77. The minimum Gasteiger partial charge on any atom is -0.434 e. The van der Waals surface area contributed by atoms with Crippen molar-refractivity contribution in [2.24, 2.45) is 0 Å². The first kappa shape index (κ1) is 12.7. The van der Waals surface area contributed by atoms with Crippen LogP contribution < -0.4 is 10.5 Å². The van der Waals surface area contributed by atoms with Crippen LogP contribution in [0.15, 0.2) is 34.9 Å². The highest BCUT2D eigenvalue weighted by molar-refractivity contribution is 9.10.